The minimum Gasteiger partial charge on any atom is -0.305 e. The second-order valence-electron chi connectivity index (χ2n) is 3.71. The van der Waals surface area contributed by atoms with E-state index in [1.54, 1.807) is 23.5 Å². The molecular weight excluding hydrogens is 288 g/mol. The second-order valence-corrected chi connectivity index (χ2v) is 6.21. The van der Waals surface area contributed by atoms with Crippen LogP contribution in [0.2, 0.25) is 5.02 Å². The Kier molecular flexibility index (Phi) is 5.41. The lowest BCUT2D eigenvalue weighted by atomic mass is 10.2. The predicted molar refractivity (Wildman–Crippen MR) is 80.5 cm³/mol. The first-order valence-corrected chi connectivity index (χ1v) is 8.05. The van der Waals surface area contributed by atoms with E-state index in [1.165, 1.54) is 0 Å². The van der Waals surface area contributed by atoms with E-state index in [4.69, 9.17) is 11.6 Å². The number of nitrogens with zero attached hydrogens (tertiary/aromatic N) is 1. The number of hydrogen-bond acceptors (Lipinski definition) is 4. The molecule has 0 saturated carbocycles. The van der Waals surface area contributed by atoms with Crippen LogP contribution in [0.5, 0.6) is 0 Å². The van der Waals surface area contributed by atoms with Crippen molar-refractivity contribution in [2.45, 2.75) is 5.75 Å². The average molecular weight is 301 g/mol. The van der Waals surface area contributed by atoms with Crippen LogP contribution in [0.15, 0.2) is 29.3 Å². The fraction of sp³-hybridized carbons (Fsp3) is 0.333. The Morgan fingerprint density at radius 2 is 2.44 bits per heavy atom. The molecule has 1 aliphatic heterocycles. The third kappa shape index (κ3) is 4.55. The van der Waals surface area contributed by atoms with Gasteiger partial charge in [0.25, 0.3) is 0 Å². The summed E-state index contributed by atoms with van der Waals surface area (Å²) in [5.74, 6) is 2.19. The Morgan fingerprint density at radius 1 is 1.56 bits per heavy atom. The van der Waals surface area contributed by atoms with Crippen molar-refractivity contribution in [1.82, 2.24) is 5.32 Å². The molecule has 2 rings (SSSR count). The van der Waals surface area contributed by atoms with Crippen molar-refractivity contribution >= 4 is 46.2 Å². The van der Waals surface area contributed by atoms with E-state index >= 15 is 0 Å². The Balaban J connectivity index is 1.70. The van der Waals surface area contributed by atoms with Gasteiger partial charge >= 0.3 is 0 Å². The largest absolute Gasteiger partial charge is 0.305 e. The number of amides is 1. The van der Waals surface area contributed by atoms with Gasteiger partial charge in [-0.2, -0.15) is 0 Å². The summed E-state index contributed by atoms with van der Waals surface area (Å²) in [5.41, 5.74) is 1.13. The third-order valence-corrected chi connectivity index (χ3v) is 4.35. The average Bonchev–Trinajstić information content (AvgIpc) is 2.82. The number of carbonyl (C=O) groups excluding carboxylic acids is 1. The molecule has 0 spiro atoms. The molecule has 1 heterocycles. The van der Waals surface area contributed by atoms with E-state index in [-0.39, 0.29) is 5.91 Å². The molecule has 3 nitrogen and oxygen atoms in total. The fourth-order valence-electron chi connectivity index (χ4n) is 1.45. The number of carbonyl (C=O) groups is 1. The van der Waals surface area contributed by atoms with Crippen molar-refractivity contribution in [3.05, 3.63) is 34.9 Å². The number of aliphatic imine (C=N–C) groups is 1. The van der Waals surface area contributed by atoms with Gasteiger partial charge in [-0.3, -0.25) is 9.79 Å². The Hall–Kier alpha value is -0.650. The highest BCUT2D eigenvalue weighted by Crippen LogP contribution is 2.16. The standard InChI is InChI=1S/C12H13ClN2OS2/c13-10-3-1-2-9(6-10)7-17-8-11(16)15-12-14-4-5-18-12/h1-3,6H,4-5,7-8H2,(H,14,15,16). The first kappa shape index (κ1) is 13.8. The smallest absolute Gasteiger partial charge is 0.235 e. The van der Waals surface area contributed by atoms with Crippen molar-refractivity contribution < 1.29 is 4.79 Å². The molecule has 0 aromatic heterocycles. The van der Waals surface area contributed by atoms with Gasteiger partial charge in [0.05, 0.1) is 12.3 Å². The Bertz CT molecular complexity index is 465. The van der Waals surface area contributed by atoms with Gasteiger partial charge < -0.3 is 5.32 Å². The lowest BCUT2D eigenvalue weighted by Gasteiger charge is -2.04. The zero-order chi connectivity index (χ0) is 12.8. The molecule has 1 aliphatic rings. The topological polar surface area (TPSA) is 41.5 Å². The van der Waals surface area contributed by atoms with Crippen LogP contribution in [-0.2, 0) is 10.5 Å². The van der Waals surface area contributed by atoms with Gasteiger partial charge in [-0.05, 0) is 17.7 Å². The minimum atomic E-state index is 0.00942. The highest BCUT2D eigenvalue weighted by Gasteiger charge is 2.10. The highest BCUT2D eigenvalue weighted by molar-refractivity contribution is 8.14. The minimum absolute atomic E-state index is 0.00942. The quantitative estimate of drug-likeness (QED) is 0.929. The number of thioether (sulfide) groups is 2. The van der Waals surface area contributed by atoms with Gasteiger partial charge in [0.1, 0.15) is 0 Å². The van der Waals surface area contributed by atoms with Crippen molar-refractivity contribution in [3.63, 3.8) is 0 Å². The number of amidine groups is 1. The molecule has 0 unspecified atom stereocenters. The third-order valence-electron chi connectivity index (χ3n) is 2.22. The van der Waals surface area contributed by atoms with Gasteiger partial charge in [0, 0.05) is 16.5 Å². The van der Waals surface area contributed by atoms with Gasteiger partial charge in [-0.15, -0.1) is 11.8 Å². The summed E-state index contributed by atoms with van der Waals surface area (Å²) in [6.45, 7) is 0.802. The lowest BCUT2D eigenvalue weighted by Crippen LogP contribution is -2.28. The molecule has 96 valence electrons. The van der Waals surface area contributed by atoms with Crippen molar-refractivity contribution in [3.8, 4) is 0 Å². The second kappa shape index (κ2) is 7.07. The SMILES string of the molecule is O=C(CSCc1cccc(Cl)c1)NC1=NCCS1. The summed E-state index contributed by atoms with van der Waals surface area (Å²) in [5, 5.41) is 4.29. The molecule has 0 fully saturated rings. The molecule has 1 aromatic rings. The van der Waals surface area contributed by atoms with Gasteiger partial charge in [-0.1, -0.05) is 35.5 Å². The maximum absolute atomic E-state index is 11.6. The molecule has 0 bridgehead atoms. The van der Waals surface area contributed by atoms with E-state index in [1.807, 2.05) is 24.3 Å². The Morgan fingerprint density at radius 3 is 3.17 bits per heavy atom. The molecule has 1 amide bonds. The van der Waals surface area contributed by atoms with E-state index in [9.17, 15) is 4.79 Å². The first-order chi connectivity index (χ1) is 8.74. The van der Waals surface area contributed by atoms with E-state index < -0.39 is 0 Å². The monoisotopic (exact) mass is 300 g/mol. The molecule has 1 aromatic carbocycles. The van der Waals surface area contributed by atoms with E-state index in [2.05, 4.69) is 10.3 Å². The summed E-state index contributed by atoms with van der Waals surface area (Å²) in [6, 6.07) is 7.69. The molecule has 0 aliphatic carbocycles. The van der Waals surface area contributed by atoms with Crippen LogP contribution in [0.25, 0.3) is 0 Å². The van der Waals surface area contributed by atoms with Crippen LogP contribution in [0, 0.1) is 0 Å². The fourth-order valence-corrected chi connectivity index (χ4v) is 3.19. The Labute approximate surface area is 120 Å². The van der Waals surface area contributed by atoms with Crippen molar-refractivity contribution in [2.24, 2.45) is 4.99 Å². The molecule has 0 saturated heterocycles. The molecule has 6 heteroatoms. The van der Waals surface area contributed by atoms with Gasteiger partial charge in [0.2, 0.25) is 5.91 Å². The predicted octanol–water partition coefficient (Wildman–Crippen LogP) is 2.79. The van der Waals surface area contributed by atoms with Gasteiger partial charge in [0.15, 0.2) is 5.17 Å². The van der Waals surface area contributed by atoms with Crippen LogP contribution in [0.4, 0.5) is 0 Å². The van der Waals surface area contributed by atoms with Crippen LogP contribution < -0.4 is 5.32 Å². The van der Waals surface area contributed by atoms with E-state index in [0.717, 1.165) is 33.8 Å². The number of hydrogen-bond donors (Lipinski definition) is 1. The summed E-state index contributed by atoms with van der Waals surface area (Å²) in [4.78, 5) is 15.8. The summed E-state index contributed by atoms with van der Waals surface area (Å²) < 4.78 is 0. The summed E-state index contributed by atoms with van der Waals surface area (Å²) in [6.07, 6.45) is 0. The van der Waals surface area contributed by atoms with Crippen molar-refractivity contribution in [1.29, 1.82) is 0 Å². The molecular formula is C12H13ClN2OS2. The number of nitrogens with one attached hydrogen (secondary N) is 1. The summed E-state index contributed by atoms with van der Waals surface area (Å²) >= 11 is 9.06. The normalized spacial score (nSPS) is 14.4. The van der Waals surface area contributed by atoms with Crippen LogP contribution >= 0.6 is 35.1 Å². The highest BCUT2D eigenvalue weighted by atomic mass is 35.5. The first-order valence-electron chi connectivity index (χ1n) is 5.53. The molecule has 0 atom stereocenters. The van der Waals surface area contributed by atoms with Crippen LogP contribution in [0.3, 0.4) is 0 Å². The maximum Gasteiger partial charge on any atom is 0.235 e. The lowest BCUT2D eigenvalue weighted by molar-refractivity contribution is -0.117. The molecule has 0 radical (unpaired) electrons. The van der Waals surface area contributed by atoms with Crippen LogP contribution in [-0.4, -0.2) is 29.1 Å². The van der Waals surface area contributed by atoms with Gasteiger partial charge in [-0.25, -0.2) is 0 Å². The van der Waals surface area contributed by atoms with Crippen LogP contribution in [0.1, 0.15) is 5.56 Å². The number of benzene rings is 1. The summed E-state index contributed by atoms with van der Waals surface area (Å²) in [7, 11) is 0. The zero-order valence-corrected chi connectivity index (χ0v) is 12.1. The maximum atomic E-state index is 11.6. The van der Waals surface area contributed by atoms with E-state index in [0.29, 0.717) is 5.75 Å². The van der Waals surface area contributed by atoms with Crippen molar-refractivity contribution in [2.75, 3.05) is 18.1 Å². The molecule has 18 heavy (non-hydrogen) atoms. The number of halogens is 1. The molecule has 1 N–H and O–H groups in total. The number of rotatable bonds is 4. The zero-order valence-electron chi connectivity index (χ0n) is 9.69.